The first kappa shape index (κ1) is 15.0. The Hall–Kier alpha value is -2.44. The van der Waals surface area contributed by atoms with Crippen LogP contribution in [0, 0.1) is 5.82 Å². The van der Waals surface area contributed by atoms with Gasteiger partial charge in [0.15, 0.2) is 11.6 Å². The molecular formula is C14H17FN4O2. The number of aromatic nitrogens is 2. The molecule has 0 radical (unpaired) electrons. The number of likely N-dealkylation sites (N-methyl/N-ethyl adjacent to an activating group) is 1. The third kappa shape index (κ3) is 3.01. The number of anilines is 1. The van der Waals surface area contributed by atoms with Crippen molar-refractivity contribution in [2.24, 2.45) is 0 Å². The van der Waals surface area contributed by atoms with Crippen LogP contribution in [0.5, 0.6) is 5.75 Å². The maximum Gasteiger partial charge on any atom is 0.244 e. The molecule has 1 aromatic carbocycles. The third-order valence-electron chi connectivity index (χ3n) is 3.07. The zero-order valence-electron chi connectivity index (χ0n) is 12.3. The number of benzene rings is 1. The van der Waals surface area contributed by atoms with Crippen LogP contribution in [-0.2, 0) is 4.79 Å². The van der Waals surface area contributed by atoms with Gasteiger partial charge in [0.05, 0.1) is 12.6 Å². The summed E-state index contributed by atoms with van der Waals surface area (Å²) in [6, 6.07) is 2.33. The first-order chi connectivity index (χ1) is 9.93. The second-order valence-corrected chi connectivity index (χ2v) is 4.82. The highest BCUT2D eigenvalue weighted by Gasteiger charge is 2.17. The Labute approximate surface area is 121 Å². The van der Waals surface area contributed by atoms with Gasteiger partial charge in [-0.2, -0.15) is 0 Å². The molecule has 2 rings (SSSR count). The minimum atomic E-state index is -0.493. The Bertz CT molecular complexity index is 675. The molecule has 0 spiro atoms. The lowest BCUT2D eigenvalue weighted by atomic mass is 10.2. The van der Waals surface area contributed by atoms with Crippen molar-refractivity contribution < 1.29 is 13.9 Å². The van der Waals surface area contributed by atoms with Gasteiger partial charge in [-0.1, -0.05) is 0 Å². The van der Waals surface area contributed by atoms with Crippen molar-refractivity contribution in [3.8, 4) is 5.75 Å². The Morgan fingerprint density at radius 2 is 2.10 bits per heavy atom. The lowest BCUT2D eigenvalue weighted by Crippen LogP contribution is -2.36. The van der Waals surface area contributed by atoms with Gasteiger partial charge in [0.2, 0.25) is 5.91 Å². The monoisotopic (exact) mass is 292 g/mol. The van der Waals surface area contributed by atoms with E-state index in [-0.39, 0.29) is 11.7 Å². The number of hydrogen-bond donors (Lipinski definition) is 1. The molecule has 0 fully saturated rings. The fourth-order valence-corrected chi connectivity index (χ4v) is 1.98. The van der Waals surface area contributed by atoms with E-state index in [1.165, 1.54) is 30.5 Å². The zero-order chi connectivity index (χ0) is 15.6. The van der Waals surface area contributed by atoms with E-state index in [9.17, 15) is 9.18 Å². The fraction of sp³-hybridized carbons (Fsp3) is 0.357. The minimum absolute atomic E-state index is 0.0872. The molecule has 0 unspecified atom stereocenters. The molecule has 1 atom stereocenters. The van der Waals surface area contributed by atoms with E-state index in [2.05, 4.69) is 15.3 Å². The summed E-state index contributed by atoms with van der Waals surface area (Å²) in [7, 11) is 4.74. The number of rotatable bonds is 4. The molecule has 1 amide bonds. The predicted molar refractivity (Wildman–Crippen MR) is 77.8 cm³/mol. The van der Waals surface area contributed by atoms with Crippen LogP contribution >= 0.6 is 0 Å². The molecule has 112 valence electrons. The van der Waals surface area contributed by atoms with Crippen molar-refractivity contribution in [2.45, 2.75) is 13.0 Å². The normalized spacial score (nSPS) is 12.0. The van der Waals surface area contributed by atoms with Crippen LogP contribution in [0.2, 0.25) is 0 Å². The van der Waals surface area contributed by atoms with Gasteiger partial charge in [-0.3, -0.25) is 4.79 Å². The Balaban J connectivity index is 2.42. The first-order valence-corrected chi connectivity index (χ1v) is 6.40. The van der Waals surface area contributed by atoms with Crippen LogP contribution in [0.4, 0.5) is 10.2 Å². The van der Waals surface area contributed by atoms with E-state index in [0.717, 1.165) is 0 Å². The van der Waals surface area contributed by atoms with Crippen molar-refractivity contribution in [3.63, 3.8) is 0 Å². The molecule has 0 aliphatic carbocycles. The lowest BCUT2D eigenvalue weighted by molar-refractivity contribution is -0.129. The van der Waals surface area contributed by atoms with Crippen molar-refractivity contribution in [3.05, 3.63) is 24.3 Å². The summed E-state index contributed by atoms with van der Waals surface area (Å²) in [6.07, 6.45) is 1.32. The van der Waals surface area contributed by atoms with Crippen molar-refractivity contribution in [2.75, 3.05) is 26.5 Å². The van der Waals surface area contributed by atoms with Crippen molar-refractivity contribution >= 4 is 22.6 Å². The van der Waals surface area contributed by atoms with Gasteiger partial charge in [0, 0.05) is 25.5 Å². The van der Waals surface area contributed by atoms with E-state index in [4.69, 9.17) is 4.74 Å². The van der Waals surface area contributed by atoms with Gasteiger partial charge in [0.1, 0.15) is 18.2 Å². The first-order valence-electron chi connectivity index (χ1n) is 6.40. The quantitative estimate of drug-likeness (QED) is 0.928. The minimum Gasteiger partial charge on any atom is -0.494 e. The van der Waals surface area contributed by atoms with Crippen molar-refractivity contribution in [1.82, 2.24) is 14.9 Å². The second-order valence-electron chi connectivity index (χ2n) is 4.82. The molecule has 1 aromatic heterocycles. The summed E-state index contributed by atoms with van der Waals surface area (Å²) in [6.45, 7) is 1.73. The number of methoxy groups -OCH3 is 1. The maximum atomic E-state index is 13.7. The Kier molecular flexibility index (Phi) is 4.21. The summed E-state index contributed by atoms with van der Waals surface area (Å²) in [5.41, 5.74) is 0.440. The number of hydrogen-bond acceptors (Lipinski definition) is 5. The molecule has 0 saturated heterocycles. The molecular weight excluding hydrogens is 275 g/mol. The van der Waals surface area contributed by atoms with Crippen molar-refractivity contribution in [1.29, 1.82) is 0 Å². The van der Waals surface area contributed by atoms with E-state index in [0.29, 0.717) is 16.7 Å². The number of carbonyl (C=O) groups is 1. The summed E-state index contributed by atoms with van der Waals surface area (Å²) in [5, 5.41) is 3.61. The molecule has 0 aliphatic heterocycles. The largest absolute Gasteiger partial charge is 0.494 e. The van der Waals surface area contributed by atoms with Gasteiger partial charge in [0.25, 0.3) is 0 Å². The SMILES string of the molecule is COc1cc2c(N[C@@H](C)C(=O)N(C)C)ncnc2cc1F. The van der Waals surface area contributed by atoms with Gasteiger partial charge < -0.3 is 15.0 Å². The average molecular weight is 292 g/mol. The Morgan fingerprint density at radius 3 is 2.71 bits per heavy atom. The number of carbonyl (C=O) groups excluding carboxylic acids is 1. The number of ether oxygens (including phenoxy) is 1. The van der Waals surface area contributed by atoms with Crippen LogP contribution in [-0.4, -0.2) is 48.0 Å². The maximum absolute atomic E-state index is 13.7. The highest BCUT2D eigenvalue weighted by Crippen LogP contribution is 2.27. The molecule has 1 heterocycles. The lowest BCUT2D eigenvalue weighted by Gasteiger charge is -2.19. The molecule has 0 saturated carbocycles. The van der Waals surface area contributed by atoms with Crippen LogP contribution < -0.4 is 10.1 Å². The van der Waals surface area contributed by atoms with Crippen LogP contribution in [0.1, 0.15) is 6.92 Å². The number of amides is 1. The standard InChI is InChI=1S/C14H17FN4O2/c1-8(14(20)19(2)3)18-13-9-5-12(21-4)10(15)6-11(9)16-7-17-13/h5-8H,1-4H3,(H,16,17,18)/t8-/m0/s1. The summed E-state index contributed by atoms with van der Waals surface area (Å²) < 4.78 is 18.6. The van der Waals surface area contributed by atoms with Crippen LogP contribution in [0.3, 0.4) is 0 Å². The smallest absolute Gasteiger partial charge is 0.244 e. The van der Waals surface area contributed by atoms with E-state index in [1.54, 1.807) is 21.0 Å². The highest BCUT2D eigenvalue weighted by atomic mass is 19.1. The molecule has 21 heavy (non-hydrogen) atoms. The van der Waals surface area contributed by atoms with Gasteiger partial charge in [-0.05, 0) is 13.0 Å². The third-order valence-corrected chi connectivity index (χ3v) is 3.07. The average Bonchev–Trinajstić information content (AvgIpc) is 2.45. The Morgan fingerprint density at radius 1 is 1.38 bits per heavy atom. The zero-order valence-corrected chi connectivity index (χ0v) is 12.3. The number of halogens is 1. The molecule has 2 aromatic rings. The summed E-state index contributed by atoms with van der Waals surface area (Å²) >= 11 is 0. The molecule has 1 N–H and O–H groups in total. The molecule has 6 nitrogen and oxygen atoms in total. The van der Waals surface area contributed by atoms with Gasteiger partial charge in [-0.25, -0.2) is 14.4 Å². The molecule has 7 heteroatoms. The van der Waals surface area contributed by atoms with Gasteiger partial charge in [-0.15, -0.1) is 0 Å². The molecule has 0 bridgehead atoms. The summed E-state index contributed by atoms with van der Waals surface area (Å²) in [4.78, 5) is 21.5. The van der Waals surface area contributed by atoms with Gasteiger partial charge >= 0.3 is 0 Å². The number of nitrogens with one attached hydrogen (secondary N) is 1. The number of nitrogens with zero attached hydrogens (tertiary/aromatic N) is 3. The topological polar surface area (TPSA) is 67.3 Å². The summed E-state index contributed by atoms with van der Waals surface area (Å²) in [5.74, 6) is -0.0177. The van der Waals surface area contributed by atoms with Crippen LogP contribution in [0.25, 0.3) is 10.9 Å². The second kappa shape index (κ2) is 5.90. The van der Waals surface area contributed by atoms with E-state index >= 15 is 0 Å². The highest BCUT2D eigenvalue weighted by molar-refractivity contribution is 5.92. The molecule has 0 aliphatic rings. The number of fused-ring (bicyclic) bond motifs is 1. The van der Waals surface area contributed by atoms with Crippen LogP contribution in [0.15, 0.2) is 18.5 Å². The van der Waals surface area contributed by atoms with E-state index in [1.807, 2.05) is 0 Å². The fourth-order valence-electron chi connectivity index (χ4n) is 1.98. The predicted octanol–water partition coefficient (Wildman–Crippen LogP) is 1.67. The van der Waals surface area contributed by atoms with E-state index < -0.39 is 11.9 Å².